The minimum Gasteiger partial charge on any atom is -0.332 e. The highest BCUT2D eigenvalue weighted by Gasteiger charge is 2.24. The first-order valence-electron chi connectivity index (χ1n) is 7.68. The molecule has 0 aliphatic rings. The van der Waals surface area contributed by atoms with Crippen molar-refractivity contribution in [3.05, 3.63) is 29.3 Å². The molecule has 0 saturated heterocycles. The zero-order chi connectivity index (χ0) is 16.9. The lowest BCUT2D eigenvalue weighted by atomic mass is 10.0. The predicted molar refractivity (Wildman–Crippen MR) is 89.6 cm³/mol. The number of rotatable bonds is 6. The molecular weight excluding hydrogens is 278 g/mol. The molecule has 0 aliphatic carbocycles. The number of aryl methyl sites for hydroxylation is 2. The van der Waals surface area contributed by atoms with Gasteiger partial charge in [-0.15, -0.1) is 0 Å². The molecule has 0 fully saturated rings. The molecule has 1 aromatic rings. The molecule has 1 rings (SSSR count). The van der Waals surface area contributed by atoms with Crippen LogP contribution in [0, 0.1) is 19.8 Å². The van der Waals surface area contributed by atoms with Crippen molar-refractivity contribution in [1.82, 2.24) is 4.90 Å². The Morgan fingerprint density at radius 2 is 1.77 bits per heavy atom. The van der Waals surface area contributed by atoms with E-state index < -0.39 is 6.04 Å². The number of benzene rings is 1. The Morgan fingerprint density at radius 1 is 1.23 bits per heavy atom. The quantitative estimate of drug-likeness (QED) is 0.845. The summed E-state index contributed by atoms with van der Waals surface area (Å²) in [5.74, 6) is -0.346. The second kappa shape index (κ2) is 7.94. The molecule has 22 heavy (non-hydrogen) atoms. The van der Waals surface area contributed by atoms with Crippen molar-refractivity contribution in [3.8, 4) is 0 Å². The fourth-order valence-corrected chi connectivity index (χ4v) is 2.21. The van der Waals surface area contributed by atoms with Gasteiger partial charge in [0.15, 0.2) is 0 Å². The Kier molecular flexibility index (Phi) is 6.56. The maximum atomic E-state index is 12.3. The Hall–Kier alpha value is -1.88. The lowest BCUT2D eigenvalue weighted by Crippen LogP contribution is -2.48. The van der Waals surface area contributed by atoms with E-state index in [1.165, 1.54) is 4.90 Å². The summed E-state index contributed by atoms with van der Waals surface area (Å²) in [6.45, 7) is 10.0. The van der Waals surface area contributed by atoms with Crippen molar-refractivity contribution in [1.29, 1.82) is 0 Å². The topological polar surface area (TPSA) is 75.4 Å². The van der Waals surface area contributed by atoms with Crippen molar-refractivity contribution in [2.75, 3.05) is 18.4 Å². The van der Waals surface area contributed by atoms with Gasteiger partial charge in [0.2, 0.25) is 11.8 Å². The smallest absolute Gasteiger partial charge is 0.244 e. The summed E-state index contributed by atoms with van der Waals surface area (Å²) in [7, 11) is 0. The van der Waals surface area contributed by atoms with Crippen molar-refractivity contribution in [2.24, 2.45) is 11.7 Å². The minimum absolute atomic E-state index is 0.0174. The Balaban J connectivity index is 2.76. The van der Waals surface area contributed by atoms with Gasteiger partial charge in [0, 0.05) is 12.2 Å². The van der Waals surface area contributed by atoms with Gasteiger partial charge < -0.3 is 16.0 Å². The van der Waals surface area contributed by atoms with Gasteiger partial charge in [0.05, 0.1) is 12.6 Å². The molecule has 5 nitrogen and oxygen atoms in total. The van der Waals surface area contributed by atoms with Crippen LogP contribution in [0.15, 0.2) is 18.2 Å². The summed E-state index contributed by atoms with van der Waals surface area (Å²) >= 11 is 0. The van der Waals surface area contributed by atoms with E-state index in [4.69, 9.17) is 5.73 Å². The summed E-state index contributed by atoms with van der Waals surface area (Å²) in [4.78, 5) is 26.0. The van der Waals surface area contributed by atoms with Gasteiger partial charge in [-0.1, -0.05) is 32.0 Å². The fraction of sp³-hybridized carbons (Fsp3) is 0.529. The van der Waals surface area contributed by atoms with E-state index in [2.05, 4.69) is 5.32 Å². The number of carbonyl (C=O) groups is 2. The van der Waals surface area contributed by atoms with Gasteiger partial charge in [-0.25, -0.2) is 0 Å². The van der Waals surface area contributed by atoms with E-state index in [1.807, 2.05) is 52.8 Å². The van der Waals surface area contributed by atoms with Crippen LogP contribution in [0.1, 0.15) is 31.9 Å². The molecule has 0 bridgehead atoms. The van der Waals surface area contributed by atoms with E-state index in [9.17, 15) is 9.59 Å². The van der Waals surface area contributed by atoms with Crippen LogP contribution in [0.4, 0.5) is 5.69 Å². The average molecular weight is 305 g/mol. The first-order valence-corrected chi connectivity index (χ1v) is 7.68. The Bertz CT molecular complexity index is 520. The minimum atomic E-state index is -0.576. The Morgan fingerprint density at radius 3 is 2.23 bits per heavy atom. The average Bonchev–Trinajstić information content (AvgIpc) is 2.47. The zero-order valence-corrected chi connectivity index (χ0v) is 14.1. The fourth-order valence-electron chi connectivity index (χ4n) is 2.21. The molecule has 2 amide bonds. The molecule has 0 aromatic heterocycles. The van der Waals surface area contributed by atoms with E-state index in [0.717, 1.165) is 16.8 Å². The van der Waals surface area contributed by atoms with Gasteiger partial charge in [-0.2, -0.15) is 0 Å². The molecule has 0 heterocycles. The molecular formula is C17H27N3O2. The van der Waals surface area contributed by atoms with Gasteiger partial charge >= 0.3 is 0 Å². The van der Waals surface area contributed by atoms with Gasteiger partial charge in [-0.3, -0.25) is 9.59 Å². The molecule has 122 valence electrons. The number of hydrogen-bond acceptors (Lipinski definition) is 3. The van der Waals surface area contributed by atoms with Crippen LogP contribution in [0.3, 0.4) is 0 Å². The Labute approximate surface area is 132 Å². The highest BCUT2D eigenvalue weighted by Crippen LogP contribution is 2.19. The number of hydrogen-bond donors (Lipinski definition) is 2. The number of nitrogens with zero attached hydrogens (tertiary/aromatic N) is 1. The summed E-state index contributed by atoms with van der Waals surface area (Å²) in [6.07, 6.45) is 0. The van der Waals surface area contributed by atoms with E-state index in [1.54, 1.807) is 0 Å². The van der Waals surface area contributed by atoms with Crippen LogP contribution >= 0.6 is 0 Å². The highest BCUT2D eigenvalue weighted by molar-refractivity contribution is 5.96. The molecule has 0 unspecified atom stereocenters. The highest BCUT2D eigenvalue weighted by atomic mass is 16.2. The third-order valence-corrected chi connectivity index (χ3v) is 3.78. The SMILES string of the molecule is CCN(CC(=O)Nc1c(C)cccc1C)C(=O)[C@@H](N)C(C)C. The van der Waals surface area contributed by atoms with Gasteiger partial charge in [0.1, 0.15) is 0 Å². The molecule has 1 atom stereocenters. The van der Waals surface area contributed by atoms with Gasteiger partial charge in [0.25, 0.3) is 0 Å². The number of nitrogens with two attached hydrogens (primary N) is 1. The first-order chi connectivity index (χ1) is 10.3. The third kappa shape index (κ3) is 4.56. The lowest BCUT2D eigenvalue weighted by molar-refractivity contribution is -0.136. The van der Waals surface area contributed by atoms with Crippen LogP contribution in [0.25, 0.3) is 0 Å². The van der Waals surface area contributed by atoms with Crippen LogP contribution in [-0.4, -0.2) is 35.8 Å². The van der Waals surface area contributed by atoms with Crippen molar-refractivity contribution in [2.45, 2.75) is 40.7 Å². The number of amides is 2. The van der Waals surface area contributed by atoms with Crippen molar-refractivity contribution in [3.63, 3.8) is 0 Å². The third-order valence-electron chi connectivity index (χ3n) is 3.78. The normalized spacial score (nSPS) is 12.1. The van der Waals surface area contributed by atoms with Crippen LogP contribution in [-0.2, 0) is 9.59 Å². The number of likely N-dealkylation sites (N-methyl/N-ethyl adjacent to an activating group) is 1. The maximum absolute atomic E-state index is 12.3. The van der Waals surface area contributed by atoms with Crippen LogP contribution in [0.2, 0.25) is 0 Å². The molecule has 0 spiro atoms. The number of para-hydroxylation sites is 1. The number of carbonyl (C=O) groups excluding carboxylic acids is 2. The summed E-state index contributed by atoms with van der Waals surface area (Å²) < 4.78 is 0. The van der Waals surface area contributed by atoms with Crippen LogP contribution in [0.5, 0.6) is 0 Å². The molecule has 5 heteroatoms. The lowest BCUT2D eigenvalue weighted by Gasteiger charge is -2.25. The molecule has 0 saturated carbocycles. The maximum Gasteiger partial charge on any atom is 0.244 e. The summed E-state index contributed by atoms with van der Waals surface area (Å²) in [5.41, 5.74) is 8.70. The molecule has 0 aliphatic heterocycles. The number of anilines is 1. The second-order valence-corrected chi connectivity index (χ2v) is 5.94. The summed E-state index contributed by atoms with van der Waals surface area (Å²) in [6, 6.07) is 5.26. The van der Waals surface area contributed by atoms with Crippen LogP contribution < -0.4 is 11.1 Å². The molecule has 1 aromatic carbocycles. The first kappa shape index (κ1) is 18.2. The largest absolute Gasteiger partial charge is 0.332 e. The second-order valence-electron chi connectivity index (χ2n) is 5.94. The van der Waals surface area contributed by atoms with Gasteiger partial charge in [-0.05, 0) is 37.8 Å². The summed E-state index contributed by atoms with van der Waals surface area (Å²) in [5, 5.41) is 2.89. The van der Waals surface area contributed by atoms with Crippen molar-refractivity contribution < 1.29 is 9.59 Å². The monoisotopic (exact) mass is 305 g/mol. The van der Waals surface area contributed by atoms with E-state index in [-0.39, 0.29) is 24.3 Å². The zero-order valence-electron chi connectivity index (χ0n) is 14.1. The standard InChI is InChI=1S/C17H27N3O2/c1-6-20(17(22)15(18)11(2)3)10-14(21)19-16-12(4)8-7-9-13(16)5/h7-9,11,15H,6,10,18H2,1-5H3,(H,19,21)/t15-/m0/s1. The molecule has 0 radical (unpaired) electrons. The van der Waals surface area contributed by atoms with E-state index >= 15 is 0 Å². The predicted octanol–water partition coefficient (Wildman–Crippen LogP) is 2.07. The van der Waals surface area contributed by atoms with E-state index in [0.29, 0.717) is 6.54 Å². The van der Waals surface area contributed by atoms with Crippen molar-refractivity contribution >= 4 is 17.5 Å². The number of nitrogens with one attached hydrogen (secondary N) is 1. The molecule has 3 N–H and O–H groups in total.